The second kappa shape index (κ2) is 4.89. The summed E-state index contributed by atoms with van der Waals surface area (Å²) < 4.78 is 13.2. The summed E-state index contributed by atoms with van der Waals surface area (Å²) in [6.07, 6.45) is -0.0405. The number of aliphatic hydroxyl groups excluding tert-OH is 1. The van der Waals surface area contributed by atoms with E-state index in [1.165, 1.54) is 12.1 Å². The first-order valence-electron chi connectivity index (χ1n) is 4.69. The fourth-order valence-electron chi connectivity index (χ4n) is 1.47. The minimum Gasteiger partial charge on any atom is -0.392 e. The van der Waals surface area contributed by atoms with Crippen molar-refractivity contribution in [2.45, 2.75) is 13.0 Å². The van der Waals surface area contributed by atoms with Crippen molar-refractivity contribution in [3.8, 4) is 0 Å². The highest BCUT2D eigenvalue weighted by molar-refractivity contribution is 5.84. The predicted molar refractivity (Wildman–Crippen MR) is 56.7 cm³/mol. The summed E-state index contributed by atoms with van der Waals surface area (Å²) >= 11 is 0. The average molecular weight is 211 g/mol. The lowest BCUT2D eigenvalue weighted by molar-refractivity contribution is 0.112. The quantitative estimate of drug-likeness (QED) is 0.766. The zero-order chi connectivity index (χ0) is 11.4. The number of carbonyl (C=O) groups excluding carboxylic acids is 1. The monoisotopic (exact) mass is 211 g/mol. The molecule has 3 nitrogen and oxygen atoms in total. The van der Waals surface area contributed by atoms with Gasteiger partial charge in [-0.2, -0.15) is 0 Å². The van der Waals surface area contributed by atoms with Gasteiger partial charge in [0.15, 0.2) is 6.29 Å². The largest absolute Gasteiger partial charge is 0.392 e. The number of rotatable bonds is 4. The highest BCUT2D eigenvalue weighted by atomic mass is 19.1. The van der Waals surface area contributed by atoms with Crippen molar-refractivity contribution in [2.75, 3.05) is 18.5 Å². The lowest BCUT2D eigenvalue weighted by Gasteiger charge is -2.22. The molecule has 1 N–H and O–H groups in total. The van der Waals surface area contributed by atoms with E-state index in [1.54, 1.807) is 24.9 Å². The number of likely N-dealkylation sites (N-methyl/N-ethyl adjacent to an activating group) is 1. The number of anilines is 1. The van der Waals surface area contributed by atoms with E-state index in [0.717, 1.165) is 0 Å². The van der Waals surface area contributed by atoms with E-state index in [-0.39, 0.29) is 5.56 Å². The molecule has 1 rings (SSSR count). The van der Waals surface area contributed by atoms with Crippen LogP contribution in [-0.4, -0.2) is 31.1 Å². The summed E-state index contributed by atoms with van der Waals surface area (Å²) in [5, 5.41) is 9.19. The van der Waals surface area contributed by atoms with Gasteiger partial charge in [-0.3, -0.25) is 4.79 Å². The van der Waals surface area contributed by atoms with Crippen LogP contribution in [-0.2, 0) is 0 Å². The van der Waals surface area contributed by atoms with Crippen molar-refractivity contribution in [1.82, 2.24) is 0 Å². The molecule has 0 saturated heterocycles. The van der Waals surface area contributed by atoms with Crippen LogP contribution in [0.5, 0.6) is 0 Å². The number of hydrogen-bond donors (Lipinski definition) is 1. The molecule has 0 aliphatic carbocycles. The third-order valence-electron chi connectivity index (χ3n) is 2.10. The zero-order valence-electron chi connectivity index (χ0n) is 8.77. The smallest absolute Gasteiger partial charge is 0.155 e. The SMILES string of the molecule is CC(O)CN(C)c1cccc(F)c1C=O. The summed E-state index contributed by atoms with van der Waals surface area (Å²) in [6, 6.07) is 4.43. The minimum absolute atomic E-state index is 0.0284. The van der Waals surface area contributed by atoms with E-state index in [1.807, 2.05) is 0 Å². The predicted octanol–water partition coefficient (Wildman–Crippen LogP) is 1.46. The van der Waals surface area contributed by atoms with Gasteiger partial charge in [-0.1, -0.05) is 6.07 Å². The molecule has 1 aromatic rings. The summed E-state index contributed by atoms with van der Waals surface area (Å²) in [5.74, 6) is -0.542. The van der Waals surface area contributed by atoms with Crippen LogP contribution in [0.2, 0.25) is 0 Å². The molecule has 0 heterocycles. The maximum absolute atomic E-state index is 13.2. The van der Waals surface area contributed by atoms with Gasteiger partial charge in [-0.15, -0.1) is 0 Å². The van der Waals surface area contributed by atoms with Crippen LogP contribution in [0.1, 0.15) is 17.3 Å². The number of benzene rings is 1. The first-order valence-corrected chi connectivity index (χ1v) is 4.69. The van der Waals surface area contributed by atoms with Crippen molar-refractivity contribution in [2.24, 2.45) is 0 Å². The molecule has 0 bridgehead atoms. The Balaban J connectivity index is 3.02. The number of halogens is 1. The molecular formula is C11H14FNO2. The molecule has 0 radical (unpaired) electrons. The number of hydrogen-bond acceptors (Lipinski definition) is 3. The van der Waals surface area contributed by atoms with Gasteiger partial charge in [-0.05, 0) is 19.1 Å². The molecule has 0 aliphatic rings. The van der Waals surface area contributed by atoms with Gasteiger partial charge < -0.3 is 10.0 Å². The van der Waals surface area contributed by atoms with Gasteiger partial charge in [0.2, 0.25) is 0 Å². The van der Waals surface area contributed by atoms with Crippen LogP contribution in [0.4, 0.5) is 10.1 Å². The Bertz CT molecular complexity index is 352. The maximum atomic E-state index is 13.2. The fourth-order valence-corrected chi connectivity index (χ4v) is 1.47. The van der Waals surface area contributed by atoms with Gasteiger partial charge in [0.1, 0.15) is 5.82 Å². The number of nitrogens with zero attached hydrogens (tertiary/aromatic N) is 1. The van der Waals surface area contributed by atoms with E-state index in [0.29, 0.717) is 18.5 Å². The van der Waals surface area contributed by atoms with Crippen LogP contribution in [0, 0.1) is 5.82 Å². The Morgan fingerprint density at radius 3 is 2.80 bits per heavy atom. The van der Waals surface area contributed by atoms with Gasteiger partial charge in [0.25, 0.3) is 0 Å². The van der Waals surface area contributed by atoms with Gasteiger partial charge in [0, 0.05) is 13.6 Å². The third-order valence-corrected chi connectivity index (χ3v) is 2.10. The van der Waals surface area contributed by atoms with E-state index < -0.39 is 11.9 Å². The van der Waals surface area contributed by atoms with E-state index in [9.17, 15) is 14.3 Å². The molecule has 0 fully saturated rings. The van der Waals surface area contributed by atoms with Gasteiger partial charge >= 0.3 is 0 Å². The van der Waals surface area contributed by atoms with Crippen LogP contribution in [0.25, 0.3) is 0 Å². The van der Waals surface area contributed by atoms with Crippen molar-refractivity contribution < 1.29 is 14.3 Å². The summed E-state index contributed by atoms with van der Waals surface area (Å²) in [5.41, 5.74) is 0.520. The van der Waals surface area contributed by atoms with Crippen molar-refractivity contribution in [3.05, 3.63) is 29.6 Å². The molecule has 15 heavy (non-hydrogen) atoms. The minimum atomic E-state index is -0.542. The molecule has 1 aromatic carbocycles. The topological polar surface area (TPSA) is 40.5 Å². The standard InChI is InChI=1S/C11H14FNO2/c1-8(15)6-13(2)11-5-3-4-10(12)9(11)7-14/h3-5,7-8,15H,6H2,1-2H3. The Morgan fingerprint density at radius 2 is 2.27 bits per heavy atom. The van der Waals surface area contributed by atoms with Crippen LogP contribution < -0.4 is 4.90 Å². The van der Waals surface area contributed by atoms with E-state index in [4.69, 9.17) is 0 Å². The number of carbonyl (C=O) groups is 1. The Labute approximate surface area is 88.1 Å². The van der Waals surface area contributed by atoms with E-state index >= 15 is 0 Å². The lowest BCUT2D eigenvalue weighted by Crippen LogP contribution is -2.27. The molecule has 0 amide bonds. The van der Waals surface area contributed by atoms with E-state index in [2.05, 4.69) is 0 Å². The number of aldehydes is 1. The number of aliphatic hydroxyl groups is 1. The average Bonchev–Trinajstić information content (AvgIpc) is 2.16. The van der Waals surface area contributed by atoms with Crippen LogP contribution >= 0.6 is 0 Å². The summed E-state index contributed by atoms with van der Waals surface area (Å²) in [4.78, 5) is 12.4. The van der Waals surface area contributed by atoms with Crippen molar-refractivity contribution in [1.29, 1.82) is 0 Å². The summed E-state index contributed by atoms with van der Waals surface area (Å²) in [6.45, 7) is 1.99. The molecule has 1 unspecified atom stereocenters. The molecule has 1 atom stereocenters. The van der Waals surface area contributed by atoms with Gasteiger partial charge in [-0.25, -0.2) is 4.39 Å². The third kappa shape index (κ3) is 2.76. The molecule has 0 aromatic heterocycles. The highest BCUT2D eigenvalue weighted by Crippen LogP contribution is 2.20. The first kappa shape index (κ1) is 11.7. The summed E-state index contributed by atoms with van der Waals surface area (Å²) in [7, 11) is 1.70. The van der Waals surface area contributed by atoms with Crippen LogP contribution in [0.3, 0.4) is 0 Å². The molecule has 0 saturated carbocycles. The fraction of sp³-hybridized carbons (Fsp3) is 0.364. The second-order valence-corrected chi connectivity index (χ2v) is 3.52. The Hall–Kier alpha value is -1.42. The maximum Gasteiger partial charge on any atom is 0.155 e. The Morgan fingerprint density at radius 1 is 1.60 bits per heavy atom. The molecule has 0 spiro atoms. The molecule has 4 heteroatoms. The first-order chi connectivity index (χ1) is 7.06. The van der Waals surface area contributed by atoms with Crippen LogP contribution in [0.15, 0.2) is 18.2 Å². The molecular weight excluding hydrogens is 197 g/mol. The zero-order valence-corrected chi connectivity index (χ0v) is 8.77. The molecule has 0 aliphatic heterocycles. The highest BCUT2D eigenvalue weighted by Gasteiger charge is 2.12. The van der Waals surface area contributed by atoms with Crippen molar-refractivity contribution >= 4 is 12.0 Å². The normalized spacial score (nSPS) is 12.3. The lowest BCUT2D eigenvalue weighted by atomic mass is 10.1. The van der Waals surface area contributed by atoms with Gasteiger partial charge in [0.05, 0.1) is 17.4 Å². The second-order valence-electron chi connectivity index (χ2n) is 3.52. The Kier molecular flexibility index (Phi) is 3.80. The van der Waals surface area contributed by atoms with Crippen molar-refractivity contribution in [3.63, 3.8) is 0 Å². The molecule has 82 valence electrons.